The molecule has 0 saturated heterocycles. The Morgan fingerprint density at radius 1 is 1.42 bits per heavy atom. The molecule has 0 aliphatic carbocycles. The van der Waals surface area contributed by atoms with Gasteiger partial charge in [0.25, 0.3) is 0 Å². The lowest BCUT2D eigenvalue weighted by molar-refractivity contribution is -0.118. The molecule has 0 aromatic heterocycles. The number of aliphatic hydroxyl groups is 1. The molecule has 3 nitrogen and oxygen atoms in total. The average Bonchev–Trinajstić information content (AvgIpc) is 2.42. The molecule has 1 unspecified atom stereocenters. The molecule has 2 N–H and O–H groups in total. The van der Waals surface area contributed by atoms with Crippen LogP contribution in [0.15, 0.2) is 29.2 Å². The van der Waals surface area contributed by atoms with Gasteiger partial charge < -0.3 is 10.4 Å². The van der Waals surface area contributed by atoms with Crippen LogP contribution in [0.5, 0.6) is 0 Å². The molecule has 1 rings (SSSR count). The summed E-state index contributed by atoms with van der Waals surface area (Å²) in [6.45, 7) is 2.87. The Hall–Kier alpha value is -0.710. The Balaban J connectivity index is 2.25. The van der Waals surface area contributed by atoms with Crippen molar-refractivity contribution in [2.24, 2.45) is 5.92 Å². The lowest BCUT2D eigenvalue weighted by Crippen LogP contribution is -2.30. The Morgan fingerprint density at radius 3 is 2.68 bits per heavy atom. The first kappa shape index (κ1) is 16.3. The van der Waals surface area contributed by atoms with E-state index in [2.05, 4.69) is 12.2 Å². The third-order valence-electron chi connectivity index (χ3n) is 2.89. The summed E-state index contributed by atoms with van der Waals surface area (Å²) in [5.74, 6) is 0.780. The van der Waals surface area contributed by atoms with Gasteiger partial charge >= 0.3 is 0 Å². The first-order valence-electron chi connectivity index (χ1n) is 6.41. The van der Waals surface area contributed by atoms with Gasteiger partial charge in [0.2, 0.25) is 5.91 Å². The van der Waals surface area contributed by atoms with Crippen molar-refractivity contribution in [3.8, 4) is 0 Å². The minimum absolute atomic E-state index is 0.0244. The van der Waals surface area contributed by atoms with Gasteiger partial charge in [-0.15, -0.1) is 11.8 Å². The maximum Gasteiger partial charge on any atom is 0.230 e. The van der Waals surface area contributed by atoms with Gasteiger partial charge in [-0.1, -0.05) is 24.9 Å². The Bertz CT molecular complexity index is 384. The third kappa shape index (κ3) is 6.85. The first-order chi connectivity index (χ1) is 9.15. The number of benzene rings is 1. The van der Waals surface area contributed by atoms with E-state index in [-0.39, 0.29) is 12.5 Å². The monoisotopic (exact) mass is 301 g/mol. The lowest BCUT2D eigenvalue weighted by Gasteiger charge is -2.14. The van der Waals surface area contributed by atoms with Crippen molar-refractivity contribution in [2.75, 3.05) is 18.9 Å². The van der Waals surface area contributed by atoms with Crippen LogP contribution in [0.2, 0.25) is 5.02 Å². The van der Waals surface area contributed by atoms with Crippen molar-refractivity contribution in [3.63, 3.8) is 0 Å². The largest absolute Gasteiger partial charge is 0.396 e. The highest BCUT2D eigenvalue weighted by molar-refractivity contribution is 8.00. The molecule has 0 bridgehead atoms. The second-order valence-corrected chi connectivity index (χ2v) is 5.82. The molecule has 0 radical (unpaired) electrons. The van der Waals surface area contributed by atoms with Gasteiger partial charge in [-0.2, -0.15) is 0 Å². The van der Waals surface area contributed by atoms with Crippen LogP contribution in [0, 0.1) is 5.92 Å². The van der Waals surface area contributed by atoms with Crippen LogP contribution < -0.4 is 5.32 Å². The molecule has 0 fully saturated rings. The zero-order valence-electron chi connectivity index (χ0n) is 11.1. The molecular formula is C14H20ClNO2S. The summed E-state index contributed by atoms with van der Waals surface area (Å²) < 4.78 is 0. The summed E-state index contributed by atoms with van der Waals surface area (Å²) in [6, 6.07) is 7.44. The van der Waals surface area contributed by atoms with Gasteiger partial charge in [0, 0.05) is 23.1 Å². The number of hydrogen-bond acceptors (Lipinski definition) is 3. The van der Waals surface area contributed by atoms with E-state index < -0.39 is 0 Å². The van der Waals surface area contributed by atoms with Crippen molar-refractivity contribution in [3.05, 3.63) is 29.3 Å². The predicted octanol–water partition coefficient (Wildman–Crippen LogP) is 2.96. The number of thioether (sulfide) groups is 1. The molecule has 106 valence electrons. The van der Waals surface area contributed by atoms with Gasteiger partial charge in [0.15, 0.2) is 0 Å². The van der Waals surface area contributed by atoms with Crippen molar-refractivity contribution in [1.82, 2.24) is 5.32 Å². The third-order valence-corrected chi connectivity index (χ3v) is 4.15. The van der Waals surface area contributed by atoms with Crippen LogP contribution >= 0.6 is 23.4 Å². The Kier molecular flexibility index (Phi) is 7.94. The zero-order valence-corrected chi connectivity index (χ0v) is 12.6. The number of halogens is 1. The molecule has 0 heterocycles. The van der Waals surface area contributed by atoms with Crippen LogP contribution in [0.1, 0.15) is 19.8 Å². The highest BCUT2D eigenvalue weighted by Gasteiger charge is 2.08. The minimum atomic E-state index is 0.0244. The minimum Gasteiger partial charge on any atom is -0.396 e. The smallest absolute Gasteiger partial charge is 0.230 e. The molecule has 1 atom stereocenters. The fourth-order valence-electron chi connectivity index (χ4n) is 1.62. The lowest BCUT2D eigenvalue weighted by atomic mass is 10.0. The van der Waals surface area contributed by atoms with Gasteiger partial charge in [0.05, 0.1) is 5.75 Å². The van der Waals surface area contributed by atoms with E-state index in [1.807, 2.05) is 24.3 Å². The molecule has 1 aromatic rings. The normalized spacial score (nSPS) is 12.2. The fraction of sp³-hybridized carbons (Fsp3) is 0.500. The molecule has 19 heavy (non-hydrogen) atoms. The summed E-state index contributed by atoms with van der Waals surface area (Å²) >= 11 is 7.29. The number of carbonyl (C=O) groups is 1. The highest BCUT2D eigenvalue weighted by atomic mass is 35.5. The van der Waals surface area contributed by atoms with Crippen molar-refractivity contribution in [1.29, 1.82) is 0 Å². The van der Waals surface area contributed by atoms with Crippen LogP contribution in [0.3, 0.4) is 0 Å². The number of amides is 1. The van der Waals surface area contributed by atoms with Crippen molar-refractivity contribution in [2.45, 2.75) is 24.7 Å². The van der Waals surface area contributed by atoms with E-state index in [1.165, 1.54) is 11.8 Å². The van der Waals surface area contributed by atoms with E-state index in [4.69, 9.17) is 16.7 Å². The standard InChI is InChI=1S/C14H20ClNO2S/c1-2-11(7-8-17)9-16-14(18)10-19-13-5-3-12(15)4-6-13/h3-6,11,17H,2,7-10H2,1H3,(H,16,18). The van der Waals surface area contributed by atoms with Gasteiger partial charge in [0.1, 0.15) is 0 Å². The summed E-state index contributed by atoms with van der Waals surface area (Å²) in [5.41, 5.74) is 0. The van der Waals surface area contributed by atoms with Crippen molar-refractivity contribution >= 4 is 29.3 Å². The molecule has 5 heteroatoms. The van der Waals surface area contributed by atoms with Gasteiger partial charge in [-0.3, -0.25) is 4.79 Å². The van der Waals surface area contributed by atoms with Crippen molar-refractivity contribution < 1.29 is 9.90 Å². The molecule has 0 spiro atoms. The van der Waals surface area contributed by atoms with E-state index in [0.717, 1.165) is 17.7 Å². The number of rotatable bonds is 8. The molecular weight excluding hydrogens is 282 g/mol. The van der Waals surface area contributed by atoms with Crippen LogP contribution in [0.25, 0.3) is 0 Å². The van der Waals surface area contributed by atoms with E-state index >= 15 is 0 Å². The van der Waals surface area contributed by atoms with Crippen LogP contribution in [-0.4, -0.2) is 29.9 Å². The molecule has 1 aromatic carbocycles. The molecule has 1 amide bonds. The first-order valence-corrected chi connectivity index (χ1v) is 7.78. The fourth-order valence-corrected chi connectivity index (χ4v) is 2.48. The second-order valence-electron chi connectivity index (χ2n) is 4.33. The van der Waals surface area contributed by atoms with E-state index in [9.17, 15) is 4.79 Å². The maximum absolute atomic E-state index is 11.7. The maximum atomic E-state index is 11.7. The van der Waals surface area contributed by atoms with Gasteiger partial charge in [-0.05, 0) is 36.6 Å². The summed E-state index contributed by atoms with van der Waals surface area (Å²) in [4.78, 5) is 12.7. The predicted molar refractivity (Wildman–Crippen MR) is 80.7 cm³/mol. The quantitative estimate of drug-likeness (QED) is 0.726. The highest BCUT2D eigenvalue weighted by Crippen LogP contribution is 2.19. The summed E-state index contributed by atoms with van der Waals surface area (Å²) in [7, 11) is 0. The van der Waals surface area contributed by atoms with E-state index in [0.29, 0.717) is 23.2 Å². The number of nitrogens with one attached hydrogen (secondary N) is 1. The SMILES string of the molecule is CCC(CCO)CNC(=O)CSc1ccc(Cl)cc1. The molecule has 0 aliphatic heterocycles. The zero-order chi connectivity index (χ0) is 14.1. The number of hydrogen-bond donors (Lipinski definition) is 2. The Labute approximate surface area is 123 Å². The summed E-state index contributed by atoms with van der Waals surface area (Å²) in [5, 5.41) is 12.5. The Morgan fingerprint density at radius 2 is 2.11 bits per heavy atom. The van der Waals surface area contributed by atoms with Crippen LogP contribution in [0.4, 0.5) is 0 Å². The molecule has 0 aliphatic rings. The number of carbonyl (C=O) groups excluding carboxylic acids is 1. The van der Waals surface area contributed by atoms with Gasteiger partial charge in [-0.25, -0.2) is 0 Å². The summed E-state index contributed by atoms with van der Waals surface area (Å²) in [6.07, 6.45) is 1.70. The second kappa shape index (κ2) is 9.23. The van der Waals surface area contributed by atoms with E-state index in [1.54, 1.807) is 0 Å². The average molecular weight is 302 g/mol. The molecule has 0 saturated carbocycles. The topological polar surface area (TPSA) is 49.3 Å². The number of aliphatic hydroxyl groups excluding tert-OH is 1. The van der Waals surface area contributed by atoms with Crippen LogP contribution in [-0.2, 0) is 4.79 Å².